The fraction of sp³-hybridized carbons (Fsp3) is 0.333. The molecule has 0 aliphatic carbocycles. The first kappa shape index (κ1) is 15.2. The monoisotopic (exact) mass is 401 g/mol. The van der Waals surface area contributed by atoms with Crippen LogP contribution in [0.1, 0.15) is 10.4 Å². The van der Waals surface area contributed by atoms with E-state index < -0.39 is 0 Å². The van der Waals surface area contributed by atoms with Gasteiger partial charge in [0.1, 0.15) is 0 Å². The second kappa shape index (κ2) is 7.58. The smallest absolute Gasteiger partial charge is 0.0285 e. The molecule has 1 aromatic heterocycles. The molecule has 1 nitrogen and oxygen atoms in total. The summed E-state index contributed by atoms with van der Waals surface area (Å²) in [6, 6.07) is 10.8. The number of halogens is 2. The largest absolute Gasteiger partial charge is 0.319 e. The molecule has 0 aliphatic heterocycles. The van der Waals surface area contributed by atoms with Crippen LogP contribution in [0.25, 0.3) is 0 Å². The SMILES string of the molecule is CNCC(Cc1cccc(Br)c1)Cc1cc(Br)cs1. The summed E-state index contributed by atoms with van der Waals surface area (Å²) < 4.78 is 2.35. The van der Waals surface area contributed by atoms with Crippen LogP contribution in [0.15, 0.2) is 44.7 Å². The van der Waals surface area contributed by atoms with Crippen LogP contribution in [-0.2, 0) is 12.8 Å². The van der Waals surface area contributed by atoms with Crippen LogP contribution in [0.3, 0.4) is 0 Å². The van der Waals surface area contributed by atoms with E-state index in [1.54, 1.807) is 0 Å². The van der Waals surface area contributed by atoms with Crippen molar-refractivity contribution in [3.8, 4) is 0 Å². The molecule has 0 spiro atoms. The molecule has 1 heterocycles. The number of thiophene rings is 1. The minimum Gasteiger partial charge on any atom is -0.319 e. The highest BCUT2D eigenvalue weighted by atomic mass is 79.9. The Morgan fingerprint density at radius 3 is 2.63 bits per heavy atom. The second-order valence-corrected chi connectivity index (χ2v) is 7.52. The van der Waals surface area contributed by atoms with Gasteiger partial charge in [-0.15, -0.1) is 11.3 Å². The third-order valence-electron chi connectivity index (χ3n) is 3.02. The summed E-state index contributed by atoms with van der Waals surface area (Å²) in [5.74, 6) is 0.629. The second-order valence-electron chi connectivity index (χ2n) is 4.69. The summed E-state index contributed by atoms with van der Waals surface area (Å²) in [6.45, 7) is 1.04. The Labute approximate surface area is 135 Å². The molecule has 0 saturated heterocycles. The first-order chi connectivity index (χ1) is 9.17. The van der Waals surface area contributed by atoms with Crippen molar-refractivity contribution in [1.82, 2.24) is 5.32 Å². The maximum absolute atomic E-state index is 3.54. The van der Waals surface area contributed by atoms with Gasteiger partial charge in [-0.2, -0.15) is 0 Å². The Kier molecular flexibility index (Phi) is 6.07. The summed E-state index contributed by atoms with van der Waals surface area (Å²) in [4.78, 5) is 1.45. The standard InChI is InChI=1S/C15H17Br2NS/c1-18-9-12(7-15-8-14(17)10-19-15)5-11-3-2-4-13(16)6-11/h2-4,6,8,10,12,18H,5,7,9H2,1H3. The lowest BCUT2D eigenvalue weighted by atomic mass is 9.95. The van der Waals surface area contributed by atoms with E-state index in [-0.39, 0.29) is 0 Å². The van der Waals surface area contributed by atoms with Gasteiger partial charge in [0, 0.05) is 19.2 Å². The van der Waals surface area contributed by atoms with Crippen LogP contribution in [-0.4, -0.2) is 13.6 Å². The number of rotatable bonds is 6. The number of benzene rings is 1. The normalized spacial score (nSPS) is 12.6. The van der Waals surface area contributed by atoms with E-state index in [9.17, 15) is 0 Å². The molecule has 0 radical (unpaired) electrons. The van der Waals surface area contributed by atoms with Gasteiger partial charge in [0.2, 0.25) is 0 Å². The number of hydrogen-bond acceptors (Lipinski definition) is 2. The van der Waals surface area contributed by atoms with E-state index in [1.165, 1.54) is 14.9 Å². The van der Waals surface area contributed by atoms with E-state index >= 15 is 0 Å². The van der Waals surface area contributed by atoms with Gasteiger partial charge < -0.3 is 5.32 Å². The molecule has 1 atom stereocenters. The van der Waals surface area contributed by atoms with Crippen LogP contribution in [0.5, 0.6) is 0 Å². The van der Waals surface area contributed by atoms with Crippen molar-refractivity contribution in [2.45, 2.75) is 12.8 Å². The zero-order chi connectivity index (χ0) is 13.7. The summed E-state index contributed by atoms with van der Waals surface area (Å²) in [5, 5.41) is 5.47. The molecule has 1 N–H and O–H groups in total. The van der Waals surface area contributed by atoms with Crippen LogP contribution in [0.2, 0.25) is 0 Å². The van der Waals surface area contributed by atoms with Gasteiger partial charge >= 0.3 is 0 Å². The topological polar surface area (TPSA) is 12.0 Å². The maximum atomic E-state index is 3.54. The average Bonchev–Trinajstić information content (AvgIpc) is 2.75. The predicted octanol–water partition coefficient (Wildman–Crippen LogP) is 4.89. The van der Waals surface area contributed by atoms with E-state index in [4.69, 9.17) is 0 Å². The Morgan fingerprint density at radius 2 is 2.00 bits per heavy atom. The van der Waals surface area contributed by atoms with Crippen molar-refractivity contribution in [3.05, 3.63) is 55.1 Å². The average molecular weight is 403 g/mol. The van der Waals surface area contributed by atoms with Crippen molar-refractivity contribution in [2.75, 3.05) is 13.6 Å². The first-order valence-corrected chi connectivity index (χ1v) is 8.76. The highest BCUT2D eigenvalue weighted by Crippen LogP contribution is 2.24. The van der Waals surface area contributed by atoms with Gasteiger partial charge in [-0.05, 0) is 72.0 Å². The van der Waals surface area contributed by atoms with Crippen LogP contribution in [0, 0.1) is 5.92 Å². The minimum absolute atomic E-state index is 0.629. The molecule has 102 valence electrons. The van der Waals surface area contributed by atoms with Crippen LogP contribution < -0.4 is 5.32 Å². The zero-order valence-corrected chi connectivity index (χ0v) is 14.8. The van der Waals surface area contributed by atoms with E-state index in [1.807, 2.05) is 18.4 Å². The molecular formula is C15H17Br2NS. The fourth-order valence-electron chi connectivity index (χ4n) is 2.25. The molecule has 1 unspecified atom stereocenters. The Morgan fingerprint density at radius 1 is 1.16 bits per heavy atom. The molecule has 0 bridgehead atoms. The van der Waals surface area contributed by atoms with Gasteiger partial charge in [-0.3, -0.25) is 0 Å². The molecule has 4 heteroatoms. The van der Waals surface area contributed by atoms with E-state index in [2.05, 4.69) is 72.9 Å². The third kappa shape index (κ3) is 5.03. The maximum Gasteiger partial charge on any atom is 0.0285 e. The first-order valence-electron chi connectivity index (χ1n) is 6.29. The molecule has 19 heavy (non-hydrogen) atoms. The Hall–Kier alpha value is -0.160. The highest BCUT2D eigenvalue weighted by molar-refractivity contribution is 9.10. The molecule has 2 aromatic rings. The van der Waals surface area contributed by atoms with Crippen LogP contribution in [0.4, 0.5) is 0 Å². The van der Waals surface area contributed by atoms with Crippen molar-refractivity contribution in [2.24, 2.45) is 5.92 Å². The van der Waals surface area contributed by atoms with E-state index in [0.29, 0.717) is 5.92 Å². The summed E-state index contributed by atoms with van der Waals surface area (Å²) in [7, 11) is 2.03. The number of nitrogens with one attached hydrogen (secondary N) is 1. The minimum atomic E-state index is 0.629. The van der Waals surface area contributed by atoms with Gasteiger partial charge in [-0.1, -0.05) is 28.1 Å². The lowest BCUT2D eigenvalue weighted by Crippen LogP contribution is -2.22. The fourth-order valence-corrected chi connectivity index (χ4v) is 4.26. The molecule has 0 aliphatic rings. The van der Waals surface area contributed by atoms with Gasteiger partial charge in [0.15, 0.2) is 0 Å². The highest BCUT2D eigenvalue weighted by Gasteiger charge is 2.11. The lowest BCUT2D eigenvalue weighted by molar-refractivity contribution is 0.496. The van der Waals surface area contributed by atoms with E-state index in [0.717, 1.165) is 23.9 Å². The number of hydrogen-bond donors (Lipinski definition) is 1. The molecule has 0 amide bonds. The molecular weight excluding hydrogens is 386 g/mol. The quantitative estimate of drug-likeness (QED) is 0.724. The third-order valence-corrected chi connectivity index (χ3v) is 5.23. The zero-order valence-electron chi connectivity index (χ0n) is 10.8. The van der Waals surface area contributed by atoms with Gasteiger partial charge in [0.05, 0.1) is 0 Å². The van der Waals surface area contributed by atoms with Gasteiger partial charge in [0.25, 0.3) is 0 Å². The predicted molar refractivity (Wildman–Crippen MR) is 91.0 cm³/mol. The molecule has 0 fully saturated rings. The summed E-state index contributed by atoms with van der Waals surface area (Å²) in [6.07, 6.45) is 2.24. The summed E-state index contributed by atoms with van der Waals surface area (Å²) in [5.41, 5.74) is 1.39. The van der Waals surface area contributed by atoms with Crippen LogP contribution >= 0.6 is 43.2 Å². The van der Waals surface area contributed by atoms with Crippen molar-refractivity contribution < 1.29 is 0 Å². The van der Waals surface area contributed by atoms with Crippen molar-refractivity contribution in [1.29, 1.82) is 0 Å². The Balaban J connectivity index is 2.03. The van der Waals surface area contributed by atoms with Crippen molar-refractivity contribution >= 4 is 43.2 Å². The molecule has 2 rings (SSSR count). The Bertz CT molecular complexity index is 524. The summed E-state index contributed by atoms with van der Waals surface area (Å²) >= 11 is 8.90. The molecule has 1 aromatic carbocycles. The van der Waals surface area contributed by atoms with Gasteiger partial charge in [-0.25, -0.2) is 0 Å². The lowest BCUT2D eigenvalue weighted by Gasteiger charge is -2.16. The van der Waals surface area contributed by atoms with Crippen molar-refractivity contribution in [3.63, 3.8) is 0 Å². The molecule has 0 saturated carbocycles.